The molecule has 60 valence electrons. The van der Waals surface area contributed by atoms with Crippen molar-refractivity contribution in [2.24, 2.45) is 0 Å². The third-order valence-corrected chi connectivity index (χ3v) is 5.66. The minimum absolute atomic E-state index is 0.0197. The number of alkyl halides is 3. The van der Waals surface area contributed by atoms with E-state index in [0.717, 1.165) is 0 Å². The molecule has 0 aliphatic carbocycles. The topological polar surface area (TPSA) is 34.1 Å². The summed E-state index contributed by atoms with van der Waals surface area (Å²) in [6.45, 7) is 0. The monoisotopic (exact) mass is 222 g/mol. The fourth-order valence-electron chi connectivity index (χ4n) is 0.758. The number of sulfone groups is 1. The van der Waals surface area contributed by atoms with Crippen molar-refractivity contribution in [1.29, 1.82) is 0 Å². The zero-order valence-corrected chi connectivity index (χ0v) is 7.93. The molecule has 2 nitrogen and oxygen atoms in total. The van der Waals surface area contributed by atoms with Gasteiger partial charge in [-0.1, -0.05) is 23.2 Å². The van der Waals surface area contributed by atoms with Gasteiger partial charge in [-0.05, 0) is 6.42 Å². The minimum atomic E-state index is -3.23. The molecule has 0 N–H and O–H groups in total. The van der Waals surface area contributed by atoms with E-state index >= 15 is 0 Å². The summed E-state index contributed by atoms with van der Waals surface area (Å²) in [5.74, 6) is -0.0197. The Kier molecular flexibility index (Phi) is 2.14. The second-order valence-electron chi connectivity index (χ2n) is 2.19. The van der Waals surface area contributed by atoms with Crippen molar-refractivity contribution < 1.29 is 8.42 Å². The van der Waals surface area contributed by atoms with E-state index in [1.165, 1.54) is 0 Å². The zero-order chi connectivity index (χ0) is 7.99. The first-order valence-corrected chi connectivity index (χ1v) is 5.50. The Labute approximate surface area is 74.4 Å². The molecular formula is C4H5Cl3O2S. The molecule has 0 spiro atoms. The minimum Gasteiger partial charge on any atom is -0.227 e. The lowest BCUT2D eigenvalue weighted by molar-refractivity contribution is 0.599. The summed E-state index contributed by atoms with van der Waals surface area (Å²) in [6.07, 6.45) is 0.215. The lowest BCUT2D eigenvalue weighted by Gasteiger charge is -2.12. The Hall–Kier alpha value is 0.820. The van der Waals surface area contributed by atoms with E-state index < -0.39 is 18.9 Å². The molecule has 1 aliphatic rings. The van der Waals surface area contributed by atoms with Gasteiger partial charge < -0.3 is 0 Å². The van der Waals surface area contributed by atoms with Gasteiger partial charge in [0, 0.05) is 0 Å². The van der Waals surface area contributed by atoms with E-state index in [2.05, 4.69) is 0 Å². The summed E-state index contributed by atoms with van der Waals surface area (Å²) in [5.41, 5.74) is 0. The van der Waals surface area contributed by atoms with Crippen LogP contribution in [0.5, 0.6) is 0 Å². The van der Waals surface area contributed by atoms with Crippen molar-refractivity contribution in [1.82, 2.24) is 0 Å². The molecule has 0 aromatic carbocycles. The fourth-order valence-corrected chi connectivity index (χ4v) is 3.82. The Morgan fingerprint density at radius 2 is 1.90 bits per heavy atom. The summed E-state index contributed by atoms with van der Waals surface area (Å²) in [4.78, 5) is 0. The molecule has 0 saturated carbocycles. The Morgan fingerprint density at radius 1 is 1.40 bits per heavy atom. The fraction of sp³-hybridized carbons (Fsp3) is 1.00. The largest absolute Gasteiger partial charge is 0.227 e. The average Bonchev–Trinajstić information content (AvgIpc) is 1.95. The van der Waals surface area contributed by atoms with Crippen LogP contribution in [0.2, 0.25) is 0 Å². The molecule has 0 amide bonds. The first-order valence-electron chi connectivity index (χ1n) is 2.60. The predicted molar refractivity (Wildman–Crippen MR) is 42.5 cm³/mol. The Morgan fingerprint density at radius 3 is 2.00 bits per heavy atom. The summed E-state index contributed by atoms with van der Waals surface area (Å²) in [6, 6.07) is 0. The first-order chi connectivity index (χ1) is 4.36. The molecule has 10 heavy (non-hydrogen) atoms. The molecule has 0 aromatic rings. The molecule has 0 aromatic heterocycles. The van der Waals surface area contributed by atoms with Crippen LogP contribution in [-0.2, 0) is 9.84 Å². The highest BCUT2D eigenvalue weighted by Gasteiger charge is 2.49. The molecule has 6 heteroatoms. The quantitative estimate of drug-likeness (QED) is 0.584. The molecule has 1 unspecified atom stereocenters. The third kappa shape index (κ3) is 1.37. The van der Waals surface area contributed by atoms with Gasteiger partial charge in [0.15, 0.2) is 14.5 Å². The second-order valence-corrected chi connectivity index (χ2v) is 6.64. The van der Waals surface area contributed by atoms with Gasteiger partial charge in [-0.15, -0.1) is 11.6 Å². The molecule has 1 atom stereocenters. The van der Waals surface area contributed by atoms with Crippen LogP contribution in [0.3, 0.4) is 0 Å². The molecule has 1 saturated heterocycles. The van der Waals surface area contributed by atoms with Crippen LogP contribution < -0.4 is 0 Å². The highest BCUT2D eigenvalue weighted by atomic mass is 35.5. The smallest absolute Gasteiger partial charge is 0.170 e. The van der Waals surface area contributed by atoms with E-state index in [0.29, 0.717) is 0 Å². The standard InChI is InChI=1S/C4H5Cl3O2S/c5-3-4(6,7)1-2-10(3,8)9/h3H,1-2H2. The van der Waals surface area contributed by atoms with E-state index in [1.807, 2.05) is 0 Å². The van der Waals surface area contributed by atoms with E-state index in [4.69, 9.17) is 34.8 Å². The van der Waals surface area contributed by atoms with E-state index in [1.54, 1.807) is 0 Å². The SMILES string of the molecule is O=S1(=O)CCC(Cl)(Cl)C1Cl. The summed E-state index contributed by atoms with van der Waals surface area (Å²) in [7, 11) is -3.23. The van der Waals surface area contributed by atoms with Crippen LogP contribution in [0, 0.1) is 0 Å². The lowest BCUT2D eigenvalue weighted by Crippen LogP contribution is -2.23. The van der Waals surface area contributed by atoms with Crippen LogP contribution in [0.25, 0.3) is 0 Å². The van der Waals surface area contributed by atoms with Crippen molar-refractivity contribution in [2.75, 3.05) is 5.75 Å². The van der Waals surface area contributed by atoms with Gasteiger partial charge in [-0.3, -0.25) is 0 Å². The van der Waals surface area contributed by atoms with Gasteiger partial charge in [0.2, 0.25) is 0 Å². The van der Waals surface area contributed by atoms with Crippen molar-refractivity contribution in [2.45, 2.75) is 15.5 Å². The van der Waals surface area contributed by atoms with Gasteiger partial charge in [-0.2, -0.15) is 0 Å². The van der Waals surface area contributed by atoms with Crippen molar-refractivity contribution >= 4 is 44.6 Å². The summed E-state index contributed by atoms with van der Waals surface area (Å²) >= 11 is 16.6. The third-order valence-electron chi connectivity index (χ3n) is 1.37. The molecule has 1 fully saturated rings. The van der Waals surface area contributed by atoms with Crippen LogP contribution in [0.1, 0.15) is 6.42 Å². The van der Waals surface area contributed by atoms with E-state index in [9.17, 15) is 8.42 Å². The molecule has 1 aliphatic heterocycles. The van der Waals surface area contributed by atoms with Gasteiger partial charge in [0.1, 0.15) is 4.33 Å². The number of rotatable bonds is 0. The number of hydrogen-bond donors (Lipinski definition) is 0. The normalized spacial score (nSPS) is 36.1. The summed E-state index contributed by atoms with van der Waals surface area (Å²) in [5, 5.41) is 0. The number of hydrogen-bond acceptors (Lipinski definition) is 2. The first kappa shape index (κ1) is 8.91. The van der Waals surface area contributed by atoms with E-state index in [-0.39, 0.29) is 12.2 Å². The van der Waals surface area contributed by atoms with Gasteiger partial charge in [0.25, 0.3) is 0 Å². The lowest BCUT2D eigenvalue weighted by atomic mass is 10.4. The predicted octanol–water partition coefficient (Wildman–Crippen LogP) is 1.54. The van der Waals surface area contributed by atoms with Crippen LogP contribution in [-0.4, -0.2) is 23.2 Å². The van der Waals surface area contributed by atoms with Crippen molar-refractivity contribution in [3.05, 3.63) is 0 Å². The van der Waals surface area contributed by atoms with Crippen molar-refractivity contribution in [3.8, 4) is 0 Å². The Balaban J connectivity index is 2.99. The molecule has 0 bridgehead atoms. The Bertz CT molecular complexity index is 233. The maximum atomic E-state index is 10.9. The average molecular weight is 224 g/mol. The molecular weight excluding hydrogens is 218 g/mol. The maximum absolute atomic E-state index is 10.9. The van der Waals surface area contributed by atoms with Gasteiger partial charge >= 0.3 is 0 Å². The van der Waals surface area contributed by atoms with Crippen LogP contribution in [0.15, 0.2) is 0 Å². The highest BCUT2D eigenvalue weighted by Crippen LogP contribution is 2.42. The van der Waals surface area contributed by atoms with Gasteiger partial charge in [0.05, 0.1) is 5.75 Å². The van der Waals surface area contributed by atoms with Crippen LogP contribution in [0.4, 0.5) is 0 Å². The molecule has 0 radical (unpaired) electrons. The van der Waals surface area contributed by atoms with Gasteiger partial charge in [-0.25, -0.2) is 8.42 Å². The zero-order valence-electron chi connectivity index (χ0n) is 4.85. The van der Waals surface area contributed by atoms with Crippen molar-refractivity contribution in [3.63, 3.8) is 0 Å². The summed E-state index contributed by atoms with van der Waals surface area (Å²) < 4.78 is 19.3. The highest BCUT2D eigenvalue weighted by molar-refractivity contribution is 7.93. The second kappa shape index (κ2) is 2.41. The molecule has 1 rings (SSSR count). The maximum Gasteiger partial charge on any atom is 0.170 e. The van der Waals surface area contributed by atoms with Crippen LogP contribution >= 0.6 is 34.8 Å². The molecule has 1 heterocycles. The number of halogens is 3.